The standard InChI is InChI=1S/C22H23ClN6O3/c1-3-4-16-11-19(30)26-22(24-16)29-18(9-13(2)27-29)25-21(32)14-10-20(31)28(12-14)17-7-5-15(23)6-8-17/h5-9,11,14H,3-4,10,12H2,1-2H3,(H,25,32)(H,24,26,30)/t14-/m0/s1. The van der Waals surface area contributed by atoms with Gasteiger partial charge in [0.25, 0.3) is 5.56 Å². The van der Waals surface area contributed by atoms with E-state index < -0.39 is 5.92 Å². The maximum Gasteiger partial charge on any atom is 0.252 e. The highest BCUT2D eigenvalue weighted by Crippen LogP contribution is 2.27. The summed E-state index contributed by atoms with van der Waals surface area (Å²) < 4.78 is 1.40. The minimum Gasteiger partial charge on any atom is -0.312 e. The van der Waals surface area contributed by atoms with Crippen LogP contribution in [0.5, 0.6) is 0 Å². The number of carbonyl (C=O) groups is 2. The zero-order chi connectivity index (χ0) is 22.8. The van der Waals surface area contributed by atoms with Gasteiger partial charge < -0.3 is 10.2 Å². The van der Waals surface area contributed by atoms with E-state index in [4.69, 9.17) is 11.6 Å². The van der Waals surface area contributed by atoms with Gasteiger partial charge in [0.2, 0.25) is 17.8 Å². The van der Waals surface area contributed by atoms with Crippen LogP contribution < -0.4 is 15.8 Å². The number of anilines is 2. The van der Waals surface area contributed by atoms with Crippen molar-refractivity contribution >= 4 is 34.9 Å². The Labute approximate surface area is 189 Å². The molecular weight excluding hydrogens is 432 g/mol. The molecule has 1 aliphatic heterocycles. The summed E-state index contributed by atoms with van der Waals surface area (Å²) in [7, 11) is 0. The fourth-order valence-electron chi connectivity index (χ4n) is 3.71. The van der Waals surface area contributed by atoms with E-state index in [1.54, 1.807) is 42.2 Å². The predicted molar refractivity (Wildman–Crippen MR) is 121 cm³/mol. The third-order valence-corrected chi connectivity index (χ3v) is 5.46. The van der Waals surface area contributed by atoms with Crippen molar-refractivity contribution in [3.05, 3.63) is 63.2 Å². The molecule has 0 bridgehead atoms. The minimum absolute atomic E-state index is 0.0998. The molecule has 2 N–H and O–H groups in total. The highest BCUT2D eigenvalue weighted by molar-refractivity contribution is 6.30. The molecule has 0 aliphatic carbocycles. The first-order valence-electron chi connectivity index (χ1n) is 10.4. The maximum atomic E-state index is 13.0. The molecule has 2 aromatic heterocycles. The largest absolute Gasteiger partial charge is 0.312 e. The molecule has 9 nitrogen and oxygen atoms in total. The molecule has 3 aromatic rings. The van der Waals surface area contributed by atoms with Gasteiger partial charge in [0.05, 0.1) is 11.6 Å². The van der Waals surface area contributed by atoms with Gasteiger partial charge in [-0.05, 0) is 37.6 Å². The number of hydrogen-bond donors (Lipinski definition) is 2. The zero-order valence-corrected chi connectivity index (χ0v) is 18.5. The van der Waals surface area contributed by atoms with Crippen LogP contribution in [0.1, 0.15) is 31.2 Å². The van der Waals surface area contributed by atoms with Gasteiger partial charge in [-0.15, -0.1) is 0 Å². The van der Waals surface area contributed by atoms with Crippen LogP contribution in [0.25, 0.3) is 5.95 Å². The summed E-state index contributed by atoms with van der Waals surface area (Å²) in [6.07, 6.45) is 1.60. The lowest BCUT2D eigenvalue weighted by Crippen LogP contribution is -2.28. The number of halogens is 1. The van der Waals surface area contributed by atoms with Crippen LogP contribution in [0, 0.1) is 12.8 Å². The number of aryl methyl sites for hydroxylation is 2. The number of aromatic nitrogens is 4. The predicted octanol–water partition coefficient (Wildman–Crippen LogP) is 2.86. The minimum atomic E-state index is -0.528. The first-order chi connectivity index (χ1) is 15.3. The van der Waals surface area contributed by atoms with Crippen molar-refractivity contribution < 1.29 is 9.59 Å². The van der Waals surface area contributed by atoms with Gasteiger partial charge in [0.15, 0.2) is 0 Å². The molecule has 1 fully saturated rings. The maximum absolute atomic E-state index is 13.0. The van der Waals surface area contributed by atoms with Crippen LogP contribution in [0.2, 0.25) is 5.02 Å². The Bertz CT molecular complexity index is 1220. The summed E-state index contributed by atoms with van der Waals surface area (Å²) in [5, 5.41) is 7.79. The first-order valence-corrected chi connectivity index (χ1v) is 10.8. The smallest absolute Gasteiger partial charge is 0.252 e. The molecule has 1 aliphatic rings. The second-order valence-corrected chi connectivity index (χ2v) is 8.20. The molecule has 4 rings (SSSR count). The van der Waals surface area contributed by atoms with Gasteiger partial charge in [0, 0.05) is 41.5 Å². The number of aromatic amines is 1. The topological polar surface area (TPSA) is 113 Å². The van der Waals surface area contributed by atoms with Gasteiger partial charge in [-0.25, -0.2) is 4.98 Å². The summed E-state index contributed by atoms with van der Waals surface area (Å²) >= 11 is 5.93. The van der Waals surface area contributed by atoms with Gasteiger partial charge in [0.1, 0.15) is 5.82 Å². The molecule has 3 heterocycles. The average Bonchev–Trinajstić information content (AvgIpc) is 3.31. The molecule has 0 saturated carbocycles. The number of H-pyrrole nitrogens is 1. The van der Waals surface area contributed by atoms with Gasteiger partial charge in [-0.1, -0.05) is 24.9 Å². The van der Waals surface area contributed by atoms with Crippen LogP contribution in [0.3, 0.4) is 0 Å². The Morgan fingerprint density at radius 1 is 1.25 bits per heavy atom. The van der Waals surface area contributed by atoms with Crippen molar-refractivity contribution in [1.82, 2.24) is 19.7 Å². The van der Waals surface area contributed by atoms with E-state index in [0.717, 1.165) is 6.42 Å². The number of rotatable bonds is 6. The Morgan fingerprint density at radius 2 is 2.00 bits per heavy atom. The van der Waals surface area contributed by atoms with E-state index in [1.807, 2.05) is 6.92 Å². The van der Waals surface area contributed by atoms with Crippen molar-refractivity contribution in [2.75, 3.05) is 16.8 Å². The molecule has 1 atom stereocenters. The molecule has 2 amide bonds. The summed E-state index contributed by atoms with van der Waals surface area (Å²) in [4.78, 5) is 46.3. The molecule has 10 heteroatoms. The summed E-state index contributed by atoms with van der Waals surface area (Å²) in [6, 6.07) is 10.1. The lowest BCUT2D eigenvalue weighted by molar-refractivity contribution is -0.122. The number of benzene rings is 1. The van der Waals surface area contributed by atoms with Crippen LogP contribution in [0.4, 0.5) is 11.5 Å². The zero-order valence-electron chi connectivity index (χ0n) is 17.8. The van der Waals surface area contributed by atoms with Crippen LogP contribution in [0.15, 0.2) is 41.2 Å². The summed E-state index contributed by atoms with van der Waals surface area (Å²) in [5.74, 6) is -0.352. The van der Waals surface area contributed by atoms with Crippen LogP contribution in [-0.2, 0) is 16.0 Å². The van der Waals surface area contributed by atoms with Crippen molar-refractivity contribution in [2.45, 2.75) is 33.1 Å². The third kappa shape index (κ3) is 4.57. The Kier molecular flexibility index (Phi) is 6.09. The van der Waals surface area contributed by atoms with Crippen molar-refractivity contribution in [3.63, 3.8) is 0 Å². The van der Waals surface area contributed by atoms with Gasteiger partial charge >= 0.3 is 0 Å². The number of carbonyl (C=O) groups excluding carboxylic acids is 2. The summed E-state index contributed by atoms with van der Waals surface area (Å²) in [6.45, 7) is 4.05. The lowest BCUT2D eigenvalue weighted by Gasteiger charge is -2.17. The fraction of sp³-hybridized carbons (Fsp3) is 0.318. The van der Waals surface area contributed by atoms with E-state index in [-0.39, 0.29) is 36.3 Å². The van der Waals surface area contributed by atoms with Crippen molar-refractivity contribution in [2.24, 2.45) is 5.92 Å². The Morgan fingerprint density at radius 3 is 2.72 bits per heavy atom. The number of nitrogens with zero attached hydrogens (tertiary/aromatic N) is 4. The molecule has 1 aromatic carbocycles. The molecule has 32 heavy (non-hydrogen) atoms. The molecular formula is C22H23ClN6O3. The fourth-order valence-corrected chi connectivity index (χ4v) is 3.84. The van der Waals surface area contributed by atoms with Crippen LogP contribution in [-0.4, -0.2) is 38.1 Å². The van der Waals surface area contributed by atoms with Crippen LogP contribution >= 0.6 is 11.6 Å². The highest BCUT2D eigenvalue weighted by Gasteiger charge is 2.35. The second-order valence-electron chi connectivity index (χ2n) is 7.76. The van der Waals surface area contributed by atoms with E-state index in [9.17, 15) is 14.4 Å². The number of nitrogens with one attached hydrogen (secondary N) is 2. The SMILES string of the molecule is CCCc1cc(=O)[nH]c(-n2nc(C)cc2NC(=O)[C@H]2CC(=O)N(c3ccc(Cl)cc3)C2)n1. The highest BCUT2D eigenvalue weighted by atomic mass is 35.5. The molecule has 1 saturated heterocycles. The molecule has 0 spiro atoms. The van der Waals surface area contributed by atoms with E-state index >= 15 is 0 Å². The third-order valence-electron chi connectivity index (χ3n) is 5.21. The molecule has 166 valence electrons. The quantitative estimate of drug-likeness (QED) is 0.594. The van der Waals surface area contributed by atoms with E-state index in [1.165, 1.54) is 10.7 Å². The van der Waals surface area contributed by atoms with Crippen molar-refractivity contribution in [3.8, 4) is 5.95 Å². The molecule has 0 radical (unpaired) electrons. The normalized spacial score (nSPS) is 15.9. The first kappa shape index (κ1) is 21.8. The number of amides is 2. The Balaban J connectivity index is 1.54. The monoisotopic (exact) mass is 454 g/mol. The average molecular weight is 455 g/mol. The molecule has 0 unspecified atom stereocenters. The lowest BCUT2D eigenvalue weighted by atomic mass is 10.1. The van der Waals surface area contributed by atoms with Gasteiger partial charge in [-0.3, -0.25) is 19.4 Å². The van der Waals surface area contributed by atoms with E-state index in [0.29, 0.717) is 34.3 Å². The van der Waals surface area contributed by atoms with Gasteiger partial charge in [-0.2, -0.15) is 9.78 Å². The second kappa shape index (κ2) is 8.96. The Hall–Kier alpha value is -3.46. The number of hydrogen-bond acceptors (Lipinski definition) is 5. The van der Waals surface area contributed by atoms with E-state index in [2.05, 4.69) is 20.4 Å². The summed E-state index contributed by atoms with van der Waals surface area (Å²) in [5.41, 5.74) is 1.71. The van der Waals surface area contributed by atoms with Crippen molar-refractivity contribution in [1.29, 1.82) is 0 Å².